The smallest absolute Gasteiger partial charge is 0.0711 e. The molecule has 1 heteroatoms. The predicted octanol–water partition coefficient (Wildman–Crippen LogP) is 4.78. The number of hydrogen-bond acceptors (Lipinski definition) is 1. The number of para-hydroxylation sites is 1. The molecular formula is C18H15N. The molecule has 1 aromatic heterocycles. The topological polar surface area (TPSA) is 12.9 Å². The molecule has 3 aromatic rings. The molecule has 19 heavy (non-hydrogen) atoms. The molecule has 1 aliphatic rings. The molecule has 0 spiro atoms. The molecule has 0 bridgehead atoms. The van der Waals surface area contributed by atoms with E-state index in [1.54, 1.807) is 0 Å². The van der Waals surface area contributed by atoms with Crippen molar-refractivity contribution in [2.45, 2.75) is 18.8 Å². The van der Waals surface area contributed by atoms with Crippen molar-refractivity contribution < 1.29 is 0 Å². The Morgan fingerprint density at radius 1 is 0.842 bits per heavy atom. The fourth-order valence-electron chi connectivity index (χ4n) is 2.64. The van der Waals surface area contributed by atoms with Gasteiger partial charge in [0.1, 0.15) is 0 Å². The van der Waals surface area contributed by atoms with Gasteiger partial charge in [0.25, 0.3) is 0 Å². The molecule has 2 aromatic carbocycles. The molecule has 0 radical (unpaired) electrons. The summed E-state index contributed by atoms with van der Waals surface area (Å²) in [6.45, 7) is 0. The first-order valence-electron chi connectivity index (χ1n) is 6.87. The van der Waals surface area contributed by atoms with Crippen LogP contribution in [0.5, 0.6) is 0 Å². The third-order valence-electron chi connectivity index (χ3n) is 3.82. The van der Waals surface area contributed by atoms with Gasteiger partial charge in [-0.05, 0) is 36.1 Å². The number of fused-ring (bicyclic) bond motifs is 1. The van der Waals surface area contributed by atoms with Crippen LogP contribution in [0.15, 0.2) is 60.7 Å². The average Bonchev–Trinajstić information content (AvgIpc) is 3.32. The van der Waals surface area contributed by atoms with Crippen LogP contribution >= 0.6 is 0 Å². The number of pyridine rings is 1. The highest BCUT2D eigenvalue weighted by Gasteiger charge is 2.26. The Kier molecular flexibility index (Phi) is 2.37. The van der Waals surface area contributed by atoms with E-state index >= 15 is 0 Å². The SMILES string of the molecule is c1ccc(-c2cc(C3CC3)nc3ccccc23)cc1. The number of benzene rings is 2. The molecule has 0 atom stereocenters. The Balaban J connectivity index is 2.01. The van der Waals surface area contributed by atoms with Gasteiger partial charge in [-0.25, -0.2) is 0 Å². The monoisotopic (exact) mass is 245 g/mol. The quantitative estimate of drug-likeness (QED) is 0.633. The average molecular weight is 245 g/mol. The van der Waals surface area contributed by atoms with Crippen molar-refractivity contribution >= 4 is 10.9 Å². The molecule has 0 saturated heterocycles. The maximum Gasteiger partial charge on any atom is 0.0711 e. The fraction of sp³-hybridized carbons (Fsp3) is 0.167. The third-order valence-corrected chi connectivity index (χ3v) is 3.82. The van der Waals surface area contributed by atoms with E-state index in [1.807, 2.05) is 0 Å². The summed E-state index contributed by atoms with van der Waals surface area (Å²) in [6, 6.07) is 21.4. The van der Waals surface area contributed by atoms with Crippen LogP contribution in [-0.4, -0.2) is 4.98 Å². The van der Waals surface area contributed by atoms with Crippen molar-refractivity contribution in [3.63, 3.8) is 0 Å². The van der Waals surface area contributed by atoms with Crippen LogP contribution in [0.25, 0.3) is 22.0 Å². The fourth-order valence-corrected chi connectivity index (χ4v) is 2.64. The molecule has 0 N–H and O–H groups in total. The minimum absolute atomic E-state index is 0.687. The summed E-state index contributed by atoms with van der Waals surface area (Å²) >= 11 is 0. The Bertz CT molecular complexity index is 727. The van der Waals surface area contributed by atoms with Crippen molar-refractivity contribution in [3.05, 3.63) is 66.4 Å². The normalized spacial score (nSPS) is 14.7. The minimum atomic E-state index is 0.687. The molecule has 92 valence electrons. The molecular weight excluding hydrogens is 230 g/mol. The van der Waals surface area contributed by atoms with Crippen LogP contribution in [-0.2, 0) is 0 Å². The highest BCUT2D eigenvalue weighted by molar-refractivity contribution is 5.94. The van der Waals surface area contributed by atoms with Crippen molar-refractivity contribution in [1.29, 1.82) is 0 Å². The van der Waals surface area contributed by atoms with E-state index < -0.39 is 0 Å². The second-order valence-electron chi connectivity index (χ2n) is 5.25. The maximum atomic E-state index is 4.82. The summed E-state index contributed by atoms with van der Waals surface area (Å²) < 4.78 is 0. The largest absolute Gasteiger partial charge is 0.253 e. The van der Waals surface area contributed by atoms with E-state index in [1.165, 1.54) is 35.0 Å². The van der Waals surface area contributed by atoms with Gasteiger partial charge in [0.05, 0.1) is 5.52 Å². The molecule has 1 heterocycles. The van der Waals surface area contributed by atoms with Crippen LogP contribution in [0.3, 0.4) is 0 Å². The highest BCUT2D eigenvalue weighted by atomic mass is 14.7. The van der Waals surface area contributed by atoms with Gasteiger partial charge < -0.3 is 0 Å². The first kappa shape index (κ1) is 10.7. The molecule has 1 aliphatic carbocycles. The summed E-state index contributed by atoms with van der Waals surface area (Å²) in [7, 11) is 0. The van der Waals surface area contributed by atoms with Crippen LogP contribution in [0.1, 0.15) is 24.5 Å². The Morgan fingerprint density at radius 2 is 1.58 bits per heavy atom. The summed E-state index contributed by atoms with van der Waals surface area (Å²) in [5.41, 5.74) is 4.97. The van der Waals surface area contributed by atoms with E-state index in [9.17, 15) is 0 Å². The second kappa shape index (κ2) is 4.20. The minimum Gasteiger partial charge on any atom is -0.253 e. The number of rotatable bonds is 2. The van der Waals surface area contributed by atoms with Gasteiger partial charge in [-0.1, -0.05) is 48.5 Å². The van der Waals surface area contributed by atoms with E-state index in [2.05, 4.69) is 60.7 Å². The number of hydrogen-bond donors (Lipinski definition) is 0. The van der Waals surface area contributed by atoms with Gasteiger partial charge in [-0.2, -0.15) is 0 Å². The zero-order chi connectivity index (χ0) is 12.7. The molecule has 0 aliphatic heterocycles. The van der Waals surface area contributed by atoms with Crippen molar-refractivity contribution in [2.75, 3.05) is 0 Å². The standard InChI is InChI=1S/C18H15N/c1-2-6-13(7-3-1)16-12-18(14-10-11-14)19-17-9-5-4-8-15(16)17/h1-9,12,14H,10-11H2. The van der Waals surface area contributed by atoms with E-state index in [0.717, 1.165) is 5.52 Å². The van der Waals surface area contributed by atoms with Crippen molar-refractivity contribution in [2.24, 2.45) is 0 Å². The van der Waals surface area contributed by atoms with Gasteiger partial charge in [0.15, 0.2) is 0 Å². The van der Waals surface area contributed by atoms with Crippen LogP contribution < -0.4 is 0 Å². The number of aromatic nitrogens is 1. The molecule has 1 fully saturated rings. The summed E-state index contributed by atoms with van der Waals surface area (Å²) in [6.07, 6.45) is 2.58. The molecule has 0 unspecified atom stereocenters. The third kappa shape index (κ3) is 1.91. The van der Waals surface area contributed by atoms with E-state index in [0.29, 0.717) is 5.92 Å². The Hall–Kier alpha value is -2.15. The predicted molar refractivity (Wildman–Crippen MR) is 79.2 cm³/mol. The van der Waals surface area contributed by atoms with Gasteiger partial charge >= 0.3 is 0 Å². The molecule has 0 amide bonds. The van der Waals surface area contributed by atoms with E-state index in [-0.39, 0.29) is 0 Å². The van der Waals surface area contributed by atoms with E-state index in [4.69, 9.17) is 4.98 Å². The lowest BCUT2D eigenvalue weighted by atomic mass is 9.99. The first-order valence-corrected chi connectivity index (χ1v) is 6.87. The van der Waals surface area contributed by atoms with Crippen LogP contribution in [0.2, 0.25) is 0 Å². The zero-order valence-electron chi connectivity index (χ0n) is 10.7. The Labute approximate surface area is 112 Å². The molecule has 4 rings (SSSR count). The highest BCUT2D eigenvalue weighted by Crippen LogP contribution is 2.41. The first-order chi connectivity index (χ1) is 9.42. The number of nitrogens with zero attached hydrogens (tertiary/aromatic N) is 1. The second-order valence-corrected chi connectivity index (χ2v) is 5.25. The summed E-state index contributed by atoms with van der Waals surface area (Å²) in [5.74, 6) is 0.687. The van der Waals surface area contributed by atoms with Gasteiger partial charge in [-0.15, -0.1) is 0 Å². The molecule has 1 saturated carbocycles. The summed E-state index contributed by atoms with van der Waals surface area (Å²) in [4.78, 5) is 4.82. The lowest BCUT2D eigenvalue weighted by molar-refractivity contribution is 1.04. The maximum absolute atomic E-state index is 4.82. The summed E-state index contributed by atoms with van der Waals surface area (Å²) in [5, 5.41) is 1.25. The van der Waals surface area contributed by atoms with Crippen LogP contribution in [0, 0.1) is 0 Å². The van der Waals surface area contributed by atoms with Crippen molar-refractivity contribution in [3.8, 4) is 11.1 Å². The van der Waals surface area contributed by atoms with Crippen molar-refractivity contribution in [1.82, 2.24) is 4.98 Å². The van der Waals surface area contributed by atoms with Gasteiger partial charge in [-0.3, -0.25) is 4.98 Å². The Morgan fingerprint density at radius 3 is 2.37 bits per heavy atom. The zero-order valence-corrected chi connectivity index (χ0v) is 10.7. The lowest BCUT2D eigenvalue weighted by Gasteiger charge is -2.09. The lowest BCUT2D eigenvalue weighted by Crippen LogP contribution is -1.91. The van der Waals surface area contributed by atoms with Crippen LogP contribution in [0.4, 0.5) is 0 Å². The molecule has 1 nitrogen and oxygen atoms in total. The van der Waals surface area contributed by atoms with Gasteiger partial charge in [0.2, 0.25) is 0 Å². The van der Waals surface area contributed by atoms with Gasteiger partial charge in [0, 0.05) is 17.0 Å².